The van der Waals surface area contributed by atoms with Gasteiger partial charge in [-0.25, -0.2) is 0 Å². The van der Waals surface area contributed by atoms with Crippen LogP contribution in [0.1, 0.15) is 33.1 Å². The molecule has 1 heterocycles. The summed E-state index contributed by atoms with van der Waals surface area (Å²) in [5.41, 5.74) is 0. The van der Waals surface area contributed by atoms with E-state index in [0.717, 1.165) is 0 Å². The number of carbonyl (C=O) groups is 3. The SMILES string of the molecule is CC(C)N1C(=O)C[C@H](NC(=O)C2CC=CC2)C1=O. The lowest BCUT2D eigenvalue weighted by molar-refractivity contribution is -0.141. The van der Waals surface area contributed by atoms with E-state index in [4.69, 9.17) is 0 Å². The maximum absolute atomic E-state index is 12.0. The highest BCUT2D eigenvalue weighted by molar-refractivity contribution is 6.07. The number of rotatable bonds is 3. The molecule has 1 saturated heterocycles. The van der Waals surface area contributed by atoms with Gasteiger partial charge in [-0.1, -0.05) is 12.2 Å². The molecule has 0 aromatic heterocycles. The predicted octanol–water partition coefficient (Wildman–Crippen LogP) is 0.605. The van der Waals surface area contributed by atoms with Crippen molar-refractivity contribution >= 4 is 17.7 Å². The summed E-state index contributed by atoms with van der Waals surface area (Å²) < 4.78 is 0. The van der Waals surface area contributed by atoms with Crippen LogP contribution in [0.3, 0.4) is 0 Å². The molecule has 1 atom stereocenters. The number of amides is 3. The van der Waals surface area contributed by atoms with Gasteiger partial charge in [-0.15, -0.1) is 0 Å². The fourth-order valence-corrected chi connectivity index (χ4v) is 2.43. The van der Waals surface area contributed by atoms with Gasteiger partial charge in [0.2, 0.25) is 11.8 Å². The molecule has 2 aliphatic rings. The first kappa shape index (κ1) is 12.8. The molecule has 5 heteroatoms. The van der Waals surface area contributed by atoms with Crippen LogP contribution >= 0.6 is 0 Å². The second-order valence-corrected chi connectivity index (χ2v) is 5.10. The van der Waals surface area contributed by atoms with Gasteiger partial charge >= 0.3 is 0 Å². The van der Waals surface area contributed by atoms with Crippen molar-refractivity contribution in [2.24, 2.45) is 5.92 Å². The summed E-state index contributed by atoms with van der Waals surface area (Å²) in [6.07, 6.45) is 5.45. The standard InChI is InChI=1S/C13H18N2O3/c1-8(2)15-11(16)7-10(13(15)18)14-12(17)9-5-3-4-6-9/h3-4,8-10H,5-7H2,1-2H3,(H,14,17)/t10-/m0/s1. The van der Waals surface area contributed by atoms with E-state index in [1.54, 1.807) is 13.8 Å². The van der Waals surface area contributed by atoms with Crippen LogP contribution in [0.15, 0.2) is 12.2 Å². The predicted molar refractivity (Wildman–Crippen MR) is 65.4 cm³/mol. The number of nitrogens with zero attached hydrogens (tertiary/aromatic N) is 1. The first-order chi connectivity index (χ1) is 8.50. The van der Waals surface area contributed by atoms with Gasteiger partial charge in [0, 0.05) is 12.0 Å². The second kappa shape index (κ2) is 4.92. The Labute approximate surface area is 106 Å². The van der Waals surface area contributed by atoms with E-state index in [1.165, 1.54) is 4.90 Å². The Balaban J connectivity index is 1.96. The Hall–Kier alpha value is -1.65. The maximum atomic E-state index is 12.0. The molecule has 0 aromatic rings. The summed E-state index contributed by atoms with van der Waals surface area (Å²) in [7, 11) is 0. The molecule has 1 aliphatic heterocycles. The van der Waals surface area contributed by atoms with Crippen molar-refractivity contribution in [1.82, 2.24) is 10.2 Å². The lowest BCUT2D eigenvalue weighted by Crippen LogP contribution is -2.45. The van der Waals surface area contributed by atoms with Gasteiger partial charge in [-0.3, -0.25) is 19.3 Å². The van der Waals surface area contributed by atoms with Gasteiger partial charge in [0.05, 0.1) is 6.42 Å². The van der Waals surface area contributed by atoms with Gasteiger partial charge in [0.25, 0.3) is 5.91 Å². The van der Waals surface area contributed by atoms with Crippen molar-refractivity contribution in [3.8, 4) is 0 Å². The highest BCUT2D eigenvalue weighted by Crippen LogP contribution is 2.20. The summed E-state index contributed by atoms with van der Waals surface area (Å²) in [5.74, 6) is -0.697. The third-order valence-corrected chi connectivity index (χ3v) is 3.39. The molecule has 0 bridgehead atoms. The van der Waals surface area contributed by atoms with Crippen molar-refractivity contribution in [2.75, 3.05) is 0 Å². The monoisotopic (exact) mass is 250 g/mol. The number of likely N-dealkylation sites (tertiary alicyclic amines) is 1. The normalized spacial score (nSPS) is 24.4. The molecule has 5 nitrogen and oxygen atoms in total. The van der Waals surface area contributed by atoms with E-state index >= 15 is 0 Å². The lowest BCUT2D eigenvalue weighted by atomic mass is 10.1. The summed E-state index contributed by atoms with van der Waals surface area (Å²) in [6.45, 7) is 3.59. The number of nitrogens with one attached hydrogen (secondary N) is 1. The van der Waals surface area contributed by atoms with E-state index in [9.17, 15) is 14.4 Å². The lowest BCUT2D eigenvalue weighted by Gasteiger charge is -2.19. The van der Waals surface area contributed by atoms with Crippen LogP contribution in [0.25, 0.3) is 0 Å². The smallest absolute Gasteiger partial charge is 0.252 e. The van der Waals surface area contributed by atoms with Crippen LogP contribution in [0, 0.1) is 5.92 Å². The zero-order valence-electron chi connectivity index (χ0n) is 10.7. The Morgan fingerprint density at radius 1 is 1.33 bits per heavy atom. The van der Waals surface area contributed by atoms with E-state index in [2.05, 4.69) is 5.32 Å². The molecule has 98 valence electrons. The van der Waals surface area contributed by atoms with Crippen LogP contribution in [0.5, 0.6) is 0 Å². The maximum Gasteiger partial charge on any atom is 0.252 e. The minimum absolute atomic E-state index is 0.0824. The molecular formula is C13H18N2O3. The third-order valence-electron chi connectivity index (χ3n) is 3.39. The Morgan fingerprint density at radius 3 is 2.44 bits per heavy atom. The van der Waals surface area contributed by atoms with E-state index in [-0.39, 0.29) is 36.1 Å². The molecule has 1 N–H and O–H groups in total. The Bertz CT molecular complexity index is 406. The van der Waals surface area contributed by atoms with Crippen LogP contribution in [-0.4, -0.2) is 34.7 Å². The number of carbonyl (C=O) groups excluding carboxylic acids is 3. The van der Waals surface area contributed by atoms with Crippen LogP contribution < -0.4 is 5.32 Å². The van der Waals surface area contributed by atoms with Crippen molar-refractivity contribution in [2.45, 2.75) is 45.2 Å². The zero-order valence-corrected chi connectivity index (χ0v) is 10.7. The van der Waals surface area contributed by atoms with Gasteiger partial charge < -0.3 is 5.32 Å². The van der Waals surface area contributed by atoms with Crippen LogP contribution in [-0.2, 0) is 14.4 Å². The number of hydrogen-bond donors (Lipinski definition) is 1. The number of allylic oxidation sites excluding steroid dienone is 2. The summed E-state index contributed by atoms with van der Waals surface area (Å²) >= 11 is 0. The van der Waals surface area contributed by atoms with Gasteiger partial charge in [-0.05, 0) is 26.7 Å². The average molecular weight is 250 g/mol. The first-order valence-electron chi connectivity index (χ1n) is 6.32. The van der Waals surface area contributed by atoms with Crippen molar-refractivity contribution < 1.29 is 14.4 Å². The van der Waals surface area contributed by atoms with Gasteiger partial charge in [0.1, 0.15) is 6.04 Å². The number of hydrogen-bond acceptors (Lipinski definition) is 3. The van der Waals surface area contributed by atoms with E-state index < -0.39 is 6.04 Å². The minimum Gasteiger partial charge on any atom is -0.344 e. The van der Waals surface area contributed by atoms with Crippen molar-refractivity contribution in [3.63, 3.8) is 0 Å². The first-order valence-corrected chi connectivity index (χ1v) is 6.32. The van der Waals surface area contributed by atoms with Crippen molar-refractivity contribution in [1.29, 1.82) is 0 Å². The van der Waals surface area contributed by atoms with Gasteiger partial charge in [0.15, 0.2) is 0 Å². The highest BCUT2D eigenvalue weighted by atomic mass is 16.2. The van der Waals surface area contributed by atoms with Gasteiger partial charge in [-0.2, -0.15) is 0 Å². The highest BCUT2D eigenvalue weighted by Gasteiger charge is 2.41. The molecule has 3 amide bonds. The summed E-state index contributed by atoms with van der Waals surface area (Å²) in [4.78, 5) is 36.8. The molecule has 0 radical (unpaired) electrons. The molecule has 0 unspecified atom stereocenters. The molecule has 1 fully saturated rings. The topological polar surface area (TPSA) is 66.5 Å². The average Bonchev–Trinajstić information content (AvgIpc) is 2.88. The van der Waals surface area contributed by atoms with E-state index in [0.29, 0.717) is 12.8 Å². The van der Waals surface area contributed by atoms with Crippen molar-refractivity contribution in [3.05, 3.63) is 12.2 Å². The number of imide groups is 1. The fraction of sp³-hybridized carbons (Fsp3) is 0.615. The molecule has 1 aliphatic carbocycles. The molecule has 0 saturated carbocycles. The molecular weight excluding hydrogens is 232 g/mol. The molecule has 0 spiro atoms. The quantitative estimate of drug-likeness (QED) is 0.589. The zero-order chi connectivity index (χ0) is 13.3. The van der Waals surface area contributed by atoms with E-state index in [1.807, 2.05) is 12.2 Å². The fourth-order valence-electron chi connectivity index (χ4n) is 2.43. The minimum atomic E-state index is -0.673. The van der Waals surface area contributed by atoms with Crippen LogP contribution in [0.2, 0.25) is 0 Å². The summed E-state index contributed by atoms with van der Waals surface area (Å²) in [6, 6.07) is -0.826. The molecule has 0 aromatic carbocycles. The molecule has 18 heavy (non-hydrogen) atoms. The van der Waals surface area contributed by atoms with Crippen LogP contribution in [0.4, 0.5) is 0 Å². The summed E-state index contributed by atoms with van der Waals surface area (Å²) in [5, 5.41) is 2.69. The second-order valence-electron chi connectivity index (χ2n) is 5.10. The molecule has 2 rings (SSSR count). The Morgan fingerprint density at radius 2 is 1.94 bits per heavy atom. The third kappa shape index (κ3) is 2.30. The largest absolute Gasteiger partial charge is 0.344 e. The Kier molecular flexibility index (Phi) is 3.50.